The van der Waals surface area contributed by atoms with Crippen LogP contribution in [0, 0.1) is 13.8 Å². The van der Waals surface area contributed by atoms with Crippen molar-refractivity contribution in [1.82, 2.24) is 19.9 Å². The smallest absolute Gasteiger partial charge is 0.257 e. The average molecular weight is 366 g/mol. The van der Waals surface area contributed by atoms with Crippen LogP contribution in [0.5, 0.6) is 0 Å². The third-order valence-electron chi connectivity index (χ3n) is 4.89. The molecule has 1 amide bonds. The number of rotatable bonds is 4. The summed E-state index contributed by atoms with van der Waals surface area (Å²) in [6, 6.07) is 9.78. The van der Waals surface area contributed by atoms with Crippen molar-refractivity contribution in [2.75, 3.05) is 26.2 Å². The number of carbonyl (C=O) groups is 1. The van der Waals surface area contributed by atoms with Crippen LogP contribution in [0.2, 0.25) is 0 Å². The number of aryl methyl sites for hydroxylation is 2. The molecule has 3 heterocycles. The van der Waals surface area contributed by atoms with E-state index in [9.17, 15) is 4.79 Å². The van der Waals surface area contributed by atoms with Crippen molar-refractivity contribution in [3.05, 3.63) is 59.4 Å². The molecule has 0 aliphatic carbocycles. The maximum atomic E-state index is 12.5. The minimum atomic E-state index is 0.0281. The Morgan fingerprint density at radius 1 is 1.07 bits per heavy atom. The summed E-state index contributed by atoms with van der Waals surface area (Å²) in [5.74, 6) is 1.89. The summed E-state index contributed by atoms with van der Waals surface area (Å²) >= 11 is 0. The molecule has 7 nitrogen and oxygen atoms in total. The van der Waals surface area contributed by atoms with Gasteiger partial charge in [-0.15, -0.1) is 0 Å². The monoisotopic (exact) mass is 366 g/mol. The number of hydrogen-bond donors (Lipinski definition) is 0. The fourth-order valence-electron chi connectivity index (χ4n) is 3.22. The SMILES string of the molecule is Cc1ccc(-c2noc(CN3CCN(C(=O)c4ccoc4C)CC3)n2)cc1. The first-order valence-corrected chi connectivity index (χ1v) is 9.05. The molecule has 27 heavy (non-hydrogen) atoms. The van der Waals surface area contributed by atoms with Crippen LogP contribution in [0.25, 0.3) is 11.4 Å². The van der Waals surface area contributed by atoms with E-state index >= 15 is 0 Å². The lowest BCUT2D eigenvalue weighted by molar-refractivity contribution is 0.0613. The van der Waals surface area contributed by atoms with Crippen molar-refractivity contribution in [3.63, 3.8) is 0 Å². The third kappa shape index (κ3) is 3.78. The highest BCUT2D eigenvalue weighted by Gasteiger charge is 2.25. The molecule has 0 unspecified atom stereocenters. The summed E-state index contributed by atoms with van der Waals surface area (Å²) in [4.78, 5) is 21.1. The maximum Gasteiger partial charge on any atom is 0.257 e. The highest BCUT2D eigenvalue weighted by Crippen LogP contribution is 2.18. The summed E-state index contributed by atoms with van der Waals surface area (Å²) in [5.41, 5.74) is 2.78. The van der Waals surface area contributed by atoms with Gasteiger partial charge in [0.25, 0.3) is 5.91 Å². The second-order valence-electron chi connectivity index (χ2n) is 6.84. The number of carbonyl (C=O) groups excluding carboxylic acids is 1. The summed E-state index contributed by atoms with van der Waals surface area (Å²) < 4.78 is 10.6. The minimum Gasteiger partial charge on any atom is -0.469 e. The first-order valence-electron chi connectivity index (χ1n) is 9.05. The zero-order chi connectivity index (χ0) is 18.8. The second kappa shape index (κ2) is 7.36. The van der Waals surface area contributed by atoms with Gasteiger partial charge in [-0.05, 0) is 19.9 Å². The molecule has 4 rings (SSSR count). The van der Waals surface area contributed by atoms with Crippen LogP contribution < -0.4 is 0 Å². The molecule has 3 aromatic rings. The molecule has 0 atom stereocenters. The Morgan fingerprint density at radius 3 is 2.48 bits per heavy atom. The Hall–Kier alpha value is -2.93. The van der Waals surface area contributed by atoms with E-state index in [4.69, 9.17) is 8.94 Å². The zero-order valence-corrected chi connectivity index (χ0v) is 15.5. The molecule has 1 aliphatic rings. The average Bonchev–Trinajstić information content (AvgIpc) is 3.31. The largest absolute Gasteiger partial charge is 0.469 e. The predicted octanol–water partition coefficient (Wildman–Crippen LogP) is 2.90. The molecule has 0 N–H and O–H groups in total. The fraction of sp³-hybridized carbons (Fsp3) is 0.350. The van der Waals surface area contributed by atoms with Crippen LogP contribution >= 0.6 is 0 Å². The number of nitrogens with zero attached hydrogens (tertiary/aromatic N) is 4. The van der Waals surface area contributed by atoms with Crippen LogP contribution in [0.15, 0.2) is 45.5 Å². The van der Waals surface area contributed by atoms with Crippen molar-refractivity contribution >= 4 is 5.91 Å². The Bertz CT molecular complexity index is 921. The van der Waals surface area contributed by atoms with Gasteiger partial charge in [0.1, 0.15) is 5.76 Å². The first-order chi connectivity index (χ1) is 13.1. The molecule has 2 aromatic heterocycles. The standard InChI is InChI=1S/C20H22N4O3/c1-14-3-5-16(6-4-14)19-21-18(27-22-19)13-23-8-10-24(11-9-23)20(25)17-7-12-26-15(17)2/h3-7,12H,8-11,13H2,1-2H3. The number of hydrogen-bond acceptors (Lipinski definition) is 6. The zero-order valence-electron chi connectivity index (χ0n) is 15.5. The van der Waals surface area contributed by atoms with E-state index in [2.05, 4.69) is 15.0 Å². The van der Waals surface area contributed by atoms with Gasteiger partial charge in [-0.25, -0.2) is 0 Å². The number of furan rings is 1. The number of benzene rings is 1. The Labute approximate surface area is 157 Å². The lowest BCUT2D eigenvalue weighted by atomic mass is 10.1. The van der Waals surface area contributed by atoms with Crippen molar-refractivity contribution in [3.8, 4) is 11.4 Å². The quantitative estimate of drug-likeness (QED) is 0.707. The van der Waals surface area contributed by atoms with E-state index in [0.717, 1.165) is 18.7 Å². The molecule has 1 aromatic carbocycles. The van der Waals surface area contributed by atoms with E-state index in [1.807, 2.05) is 43.0 Å². The molecular weight excluding hydrogens is 344 g/mol. The van der Waals surface area contributed by atoms with E-state index < -0.39 is 0 Å². The van der Waals surface area contributed by atoms with Crippen LogP contribution in [0.4, 0.5) is 0 Å². The molecule has 1 aliphatic heterocycles. The molecular formula is C20H22N4O3. The molecule has 140 valence electrons. The van der Waals surface area contributed by atoms with Gasteiger partial charge in [-0.1, -0.05) is 35.0 Å². The molecule has 0 saturated carbocycles. The summed E-state index contributed by atoms with van der Waals surface area (Å²) in [5, 5.41) is 4.08. The molecule has 1 fully saturated rings. The summed E-state index contributed by atoms with van der Waals surface area (Å²) in [6.07, 6.45) is 1.56. The van der Waals surface area contributed by atoms with Crippen molar-refractivity contribution in [2.45, 2.75) is 20.4 Å². The van der Waals surface area contributed by atoms with E-state index in [-0.39, 0.29) is 5.91 Å². The van der Waals surface area contributed by atoms with E-state index in [0.29, 0.717) is 42.7 Å². The second-order valence-corrected chi connectivity index (χ2v) is 6.84. The lowest BCUT2D eigenvalue weighted by Gasteiger charge is -2.33. The van der Waals surface area contributed by atoms with Crippen molar-refractivity contribution in [1.29, 1.82) is 0 Å². The molecule has 7 heteroatoms. The molecule has 0 spiro atoms. The van der Waals surface area contributed by atoms with E-state index in [1.165, 1.54) is 5.56 Å². The van der Waals surface area contributed by atoms with Crippen molar-refractivity contribution < 1.29 is 13.7 Å². The number of piperazine rings is 1. The lowest BCUT2D eigenvalue weighted by Crippen LogP contribution is -2.48. The Kier molecular flexibility index (Phi) is 4.77. The third-order valence-corrected chi connectivity index (χ3v) is 4.89. The van der Waals surface area contributed by atoms with Gasteiger partial charge in [0, 0.05) is 31.7 Å². The van der Waals surface area contributed by atoms with Gasteiger partial charge in [-0.3, -0.25) is 9.69 Å². The Morgan fingerprint density at radius 2 is 1.81 bits per heavy atom. The first kappa shape index (κ1) is 17.5. The van der Waals surface area contributed by atoms with Crippen molar-refractivity contribution in [2.24, 2.45) is 0 Å². The Balaban J connectivity index is 1.34. The minimum absolute atomic E-state index is 0.0281. The molecule has 0 radical (unpaired) electrons. The van der Waals surface area contributed by atoms with Gasteiger partial charge in [0.15, 0.2) is 0 Å². The van der Waals surface area contributed by atoms with Gasteiger partial charge < -0.3 is 13.8 Å². The number of aromatic nitrogens is 2. The van der Waals surface area contributed by atoms with Gasteiger partial charge in [-0.2, -0.15) is 4.98 Å². The maximum absolute atomic E-state index is 12.5. The molecule has 0 bridgehead atoms. The fourth-order valence-corrected chi connectivity index (χ4v) is 3.22. The number of amides is 1. The van der Waals surface area contributed by atoms with Crippen LogP contribution in [-0.4, -0.2) is 52.0 Å². The summed E-state index contributed by atoms with van der Waals surface area (Å²) in [6.45, 7) is 7.32. The van der Waals surface area contributed by atoms with Gasteiger partial charge in [0.05, 0.1) is 18.4 Å². The topological polar surface area (TPSA) is 75.6 Å². The highest BCUT2D eigenvalue weighted by molar-refractivity contribution is 5.95. The van der Waals surface area contributed by atoms with E-state index in [1.54, 1.807) is 12.3 Å². The highest BCUT2D eigenvalue weighted by atomic mass is 16.5. The van der Waals surface area contributed by atoms with Gasteiger partial charge in [0.2, 0.25) is 11.7 Å². The summed E-state index contributed by atoms with van der Waals surface area (Å²) in [7, 11) is 0. The predicted molar refractivity (Wildman–Crippen MR) is 99.1 cm³/mol. The normalized spacial score (nSPS) is 15.3. The van der Waals surface area contributed by atoms with Crippen LogP contribution in [0.3, 0.4) is 0 Å². The van der Waals surface area contributed by atoms with Crippen LogP contribution in [-0.2, 0) is 6.54 Å². The molecule has 1 saturated heterocycles. The van der Waals surface area contributed by atoms with Crippen LogP contribution in [0.1, 0.15) is 27.6 Å². The van der Waals surface area contributed by atoms with Gasteiger partial charge >= 0.3 is 0 Å².